The number of nitro benzene ring substituents is 1. The molecule has 0 radical (unpaired) electrons. The third-order valence-corrected chi connectivity index (χ3v) is 9.78. The van der Waals surface area contributed by atoms with Gasteiger partial charge in [0, 0.05) is 29.2 Å². The van der Waals surface area contributed by atoms with E-state index in [0.29, 0.717) is 5.56 Å². The largest absolute Gasteiger partial charge is 0.495 e. The Morgan fingerprint density at radius 3 is 2.40 bits per heavy atom. The highest BCUT2D eigenvalue weighted by Gasteiger charge is 2.35. The van der Waals surface area contributed by atoms with Crippen molar-refractivity contribution < 1.29 is 32.1 Å². The number of aryl methyl sites for hydroxylation is 1. The molecule has 1 N–H and O–H groups in total. The molecule has 1 aliphatic rings. The Kier molecular flexibility index (Phi) is 10.7. The number of hydrogen-bond acceptors (Lipinski definition) is 7. The van der Waals surface area contributed by atoms with Crippen LogP contribution in [0.3, 0.4) is 0 Å². The molecule has 1 fully saturated rings. The lowest BCUT2D eigenvalue weighted by molar-refractivity contribution is -0.385. The molecule has 240 valence electrons. The van der Waals surface area contributed by atoms with Crippen molar-refractivity contribution in [3.05, 3.63) is 92.7 Å². The molecule has 14 heteroatoms. The molecule has 3 aromatic carbocycles. The maximum absolute atomic E-state index is 14.2. The summed E-state index contributed by atoms with van der Waals surface area (Å²) in [4.78, 5) is 39.2. The van der Waals surface area contributed by atoms with Crippen molar-refractivity contribution in [2.24, 2.45) is 0 Å². The van der Waals surface area contributed by atoms with E-state index in [9.17, 15) is 32.5 Å². The van der Waals surface area contributed by atoms with Gasteiger partial charge in [0.15, 0.2) is 0 Å². The molecule has 0 aliphatic heterocycles. The number of nitro groups is 1. The zero-order valence-electron chi connectivity index (χ0n) is 25.0. The summed E-state index contributed by atoms with van der Waals surface area (Å²) in [5, 5.41) is 14.8. The number of rotatable bonds is 12. The SMILES string of the molecule is COc1ccc(Cl)cc1N(CC(=O)N(Cc1ccc(F)cc1)[C@H](C)C(=O)NC1CCCC1)S(=O)(=O)c1ccc(C)c([N+](=O)[O-])c1. The van der Waals surface area contributed by atoms with Crippen molar-refractivity contribution in [2.75, 3.05) is 18.0 Å². The smallest absolute Gasteiger partial charge is 0.273 e. The minimum atomic E-state index is -4.66. The summed E-state index contributed by atoms with van der Waals surface area (Å²) in [5.74, 6) is -1.60. The van der Waals surface area contributed by atoms with E-state index in [1.165, 1.54) is 80.5 Å². The van der Waals surface area contributed by atoms with Gasteiger partial charge in [-0.25, -0.2) is 12.8 Å². The van der Waals surface area contributed by atoms with Crippen molar-refractivity contribution in [1.82, 2.24) is 10.2 Å². The van der Waals surface area contributed by atoms with Gasteiger partial charge in [-0.2, -0.15) is 0 Å². The van der Waals surface area contributed by atoms with Crippen LogP contribution in [0.15, 0.2) is 65.6 Å². The summed E-state index contributed by atoms with van der Waals surface area (Å²) in [7, 11) is -3.34. The lowest BCUT2D eigenvalue weighted by atomic mass is 10.1. The zero-order valence-corrected chi connectivity index (χ0v) is 26.6. The highest BCUT2D eigenvalue weighted by Crippen LogP contribution is 2.36. The molecule has 2 amide bonds. The summed E-state index contributed by atoms with van der Waals surface area (Å²) in [6, 6.07) is 12.0. The van der Waals surface area contributed by atoms with Crippen LogP contribution in [0.25, 0.3) is 0 Å². The Bertz CT molecular complexity index is 1680. The van der Waals surface area contributed by atoms with E-state index in [2.05, 4.69) is 5.32 Å². The number of sulfonamides is 1. The third-order valence-electron chi connectivity index (χ3n) is 7.79. The molecule has 1 atom stereocenters. The van der Waals surface area contributed by atoms with Gasteiger partial charge in [-0.15, -0.1) is 0 Å². The second-order valence-electron chi connectivity index (χ2n) is 10.8. The number of methoxy groups -OCH3 is 1. The number of halogens is 2. The highest BCUT2D eigenvalue weighted by molar-refractivity contribution is 7.92. The van der Waals surface area contributed by atoms with E-state index < -0.39 is 55.7 Å². The maximum Gasteiger partial charge on any atom is 0.273 e. The number of hydrogen-bond donors (Lipinski definition) is 1. The first kappa shape index (κ1) is 33.7. The maximum atomic E-state index is 14.2. The number of carbonyl (C=O) groups excluding carboxylic acids is 2. The van der Waals surface area contributed by atoms with Crippen LogP contribution in [-0.2, 0) is 26.2 Å². The zero-order chi connectivity index (χ0) is 32.9. The first-order chi connectivity index (χ1) is 21.3. The number of amides is 2. The molecule has 0 unspecified atom stereocenters. The third kappa shape index (κ3) is 7.90. The molecule has 1 saturated carbocycles. The number of benzene rings is 3. The average Bonchev–Trinajstić information content (AvgIpc) is 3.52. The second kappa shape index (κ2) is 14.2. The van der Waals surface area contributed by atoms with Gasteiger partial charge in [0.2, 0.25) is 11.8 Å². The molecular formula is C31H34ClFN4O7S. The first-order valence-corrected chi connectivity index (χ1v) is 16.1. The van der Waals surface area contributed by atoms with Crippen LogP contribution in [-0.4, -0.2) is 55.8 Å². The summed E-state index contributed by atoms with van der Waals surface area (Å²) >= 11 is 6.25. The minimum Gasteiger partial charge on any atom is -0.495 e. The van der Waals surface area contributed by atoms with Gasteiger partial charge < -0.3 is 15.0 Å². The fourth-order valence-corrected chi connectivity index (χ4v) is 6.81. The lowest BCUT2D eigenvalue weighted by Gasteiger charge is -2.33. The van der Waals surface area contributed by atoms with E-state index in [4.69, 9.17) is 16.3 Å². The quantitative estimate of drug-likeness (QED) is 0.203. The summed E-state index contributed by atoms with van der Waals surface area (Å²) in [5.41, 5.74) is 0.241. The van der Waals surface area contributed by atoms with Crippen LogP contribution in [0.4, 0.5) is 15.8 Å². The number of nitrogens with zero attached hydrogens (tertiary/aromatic N) is 3. The van der Waals surface area contributed by atoms with Crippen molar-refractivity contribution in [3.63, 3.8) is 0 Å². The lowest BCUT2D eigenvalue weighted by Crippen LogP contribution is -2.52. The van der Waals surface area contributed by atoms with Gasteiger partial charge in [-0.1, -0.05) is 42.6 Å². The van der Waals surface area contributed by atoms with Crippen LogP contribution >= 0.6 is 11.6 Å². The number of ether oxygens (including phenoxy) is 1. The second-order valence-corrected chi connectivity index (χ2v) is 13.1. The average molecular weight is 661 g/mol. The Labute approximate surface area is 266 Å². The predicted octanol–water partition coefficient (Wildman–Crippen LogP) is 5.38. The van der Waals surface area contributed by atoms with E-state index >= 15 is 0 Å². The van der Waals surface area contributed by atoms with Crippen molar-refractivity contribution in [2.45, 2.75) is 63.1 Å². The summed E-state index contributed by atoms with van der Waals surface area (Å²) in [6.07, 6.45) is 3.58. The molecule has 0 spiro atoms. The van der Waals surface area contributed by atoms with Gasteiger partial charge in [0.1, 0.15) is 24.2 Å². The molecule has 0 bridgehead atoms. The van der Waals surface area contributed by atoms with Gasteiger partial charge in [-0.05, 0) is 68.7 Å². The highest BCUT2D eigenvalue weighted by atomic mass is 35.5. The van der Waals surface area contributed by atoms with E-state index in [0.717, 1.165) is 36.1 Å². The van der Waals surface area contributed by atoms with Gasteiger partial charge >= 0.3 is 0 Å². The summed E-state index contributed by atoms with van der Waals surface area (Å²) < 4.78 is 48.2. The molecule has 45 heavy (non-hydrogen) atoms. The van der Waals surface area contributed by atoms with Crippen molar-refractivity contribution >= 4 is 44.8 Å². The van der Waals surface area contributed by atoms with Crippen molar-refractivity contribution in [3.8, 4) is 5.75 Å². The Morgan fingerprint density at radius 2 is 1.78 bits per heavy atom. The van der Waals surface area contributed by atoms with Crippen LogP contribution in [0, 0.1) is 22.9 Å². The topological polar surface area (TPSA) is 139 Å². The molecule has 0 aromatic heterocycles. The molecule has 11 nitrogen and oxygen atoms in total. The van der Waals surface area contributed by atoms with Crippen LogP contribution in [0.1, 0.15) is 43.7 Å². The molecule has 0 saturated heterocycles. The monoisotopic (exact) mass is 660 g/mol. The fourth-order valence-electron chi connectivity index (χ4n) is 5.21. The Morgan fingerprint density at radius 1 is 1.11 bits per heavy atom. The van der Waals surface area contributed by atoms with Crippen LogP contribution in [0.2, 0.25) is 5.02 Å². The molecule has 1 aliphatic carbocycles. The minimum absolute atomic E-state index is 0.0346. The van der Waals surface area contributed by atoms with E-state index in [-0.39, 0.29) is 34.6 Å². The molecule has 0 heterocycles. The first-order valence-electron chi connectivity index (χ1n) is 14.3. The van der Waals surface area contributed by atoms with Crippen LogP contribution in [0.5, 0.6) is 5.75 Å². The molecular weight excluding hydrogens is 627 g/mol. The number of carbonyl (C=O) groups is 2. The normalized spacial score (nSPS) is 14.1. The van der Waals surface area contributed by atoms with Gasteiger partial charge in [0.25, 0.3) is 15.7 Å². The number of anilines is 1. The van der Waals surface area contributed by atoms with E-state index in [1.807, 2.05) is 0 Å². The standard InChI is InChI=1S/C31H34ClFN4O7S/c1-20-8-14-26(17-27(20)37(40)41)45(42,43)36(28-16-23(32)11-15-29(28)44-3)19-30(38)35(18-22-9-12-24(33)13-10-22)21(2)31(39)34-25-6-4-5-7-25/h8-17,21,25H,4-7,18-19H2,1-3H3,(H,34,39)/t21-/m1/s1. The molecule has 3 aromatic rings. The van der Waals surface area contributed by atoms with Crippen molar-refractivity contribution in [1.29, 1.82) is 0 Å². The summed E-state index contributed by atoms with van der Waals surface area (Å²) in [6.45, 7) is 2.06. The predicted molar refractivity (Wildman–Crippen MR) is 167 cm³/mol. The fraction of sp³-hybridized carbons (Fsp3) is 0.355. The van der Waals surface area contributed by atoms with Crippen LogP contribution < -0.4 is 14.4 Å². The Balaban J connectivity index is 1.78. The Hall–Kier alpha value is -4.23. The number of nitrogens with one attached hydrogen (secondary N) is 1. The van der Waals surface area contributed by atoms with Gasteiger partial charge in [0.05, 0.1) is 22.6 Å². The van der Waals surface area contributed by atoms with E-state index in [1.54, 1.807) is 0 Å². The molecule has 4 rings (SSSR count). The van der Waals surface area contributed by atoms with Gasteiger partial charge in [-0.3, -0.25) is 24.0 Å².